The first-order chi connectivity index (χ1) is 8.52. The van der Waals surface area contributed by atoms with Crippen LogP contribution in [0.2, 0.25) is 0 Å². The summed E-state index contributed by atoms with van der Waals surface area (Å²) in [5.74, 6) is 0. The average Bonchev–Trinajstić information content (AvgIpc) is 2.30. The predicted molar refractivity (Wildman–Crippen MR) is 62.7 cm³/mol. The highest BCUT2D eigenvalue weighted by atomic mass is 32.2. The van der Waals surface area contributed by atoms with E-state index in [0.717, 1.165) is 12.8 Å². The van der Waals surface area contributed by atoms with Gasteiger partial charge in [0.2, 0.25) is 0 Å². The summed E-state index contributed by atoms with van der Waals surface area (Å²) in [6.07, 6.45) is 1.60. The molecule has 0 bridgehead atoms. The number of hydrogen-bond donors (Lipinski definition) is 0. The molecule has 0 radical (unpaired) electrons. The summed E-state index contributed by atoms with van der Waals surface area (Å²) < 4.78 is 52.2. The van der Waals surface area contributed by atoms with Crippen molar-refractivity contribution in [1.82, 2.24) is 0 Å². The number of hydrogen-bond acceptors (Lipinski definition) is 7. The van der Waals surface area contributed by atoms with E-state index in [1.807, 2.05) is 13.8 Å². The van der Waals surface area contributed by atoms with Crippen LogP contribution in [-0.4, -0.2) is 51.8 Å². The summed E-state index contributed by atoms with van der Waals surface area (Å²) in [5.41, 5.74) is -1.57. The summed E-state index contributed by atoms with van der Waals surface area (Å²) in [4.78, 5) is 0. The topological polar surface area (TPSA) is 94.1 Å². The van der Waals surface area contributed by atoms with E-state index >= 15 is 0 Å². The zero-order valence-electron chi connectivity index (χ0n) is 10.8. The first-order valence-electron chi connectivity index (χ1n) is 5.81. The smallest absolute Gasteiger partial charge is 0.173 e. The maximum atomic E-state index is 10.9. The van der Waals surface area contributed by atoms with Crippen molar-refractivity contribution in [2.75, 3.05) is 33.4 Å². The summed E-state index contributed by atoms with van der Waals surface area (Å²) >= 11 is 0. The fourth-order valence-corrected chi connectivity index (χ4v) is 1.43. The highest BCUT2D eigenvalue weighted by Gasteiger charge is 2.17. The van der Waals surface area contributed by atoms with Gasteiger partial charge in [-0.15, -0.1) is 0 Å². The molecule has 0 aromatic carbocycles. The number of rotatable bonds is 12. The van der Waals surface area contributed by atoms with Gasteiger partial charge in [-0.2, -0.15) is 0 Å². The van der Waals surface area contributed by atoms with Crippen LogP contribution in [0, 0.1) is 0 Å². The first-order valence-corrected chi connectivity index (χ1v) is 7.29. The minimum Gasteiger partial charge on any atom is -0.746 e. The molecule has 0 aliphatic rings. The van der Waals surface area contributed by atoms with Crippen molar-refractivity contribution in [2.45, 2.75) is 32.1 Å². The van der Waals surface area contributed by atoms with Gasteiger partial charge in [0.05, 0.1) is 6.61 Å². The van der Waals surface area contributed by atoms with Crippen molar-refractivity contribution >= 4 is 10.1 Å². The van der Waals surface area contributed by atoms with E-state index in [0.29, 0.717) is 13.2 Å². The fraction of sp³-hybridized carbons (Fsp3) is 1.00. The van der Waals surface area contributed by atoms with Gasteiger partial charge in [-0.05, 0) is 12.8 Å². The van der Waals surface area contributed by atoms with Gasteiger partial charge in [-0.25, -0.2) is 8.42 Å². The third-order valence-electron chi connectivity index (χ3n) is 1.78. The Labute approximate surface area is 108 Å². The average molecular weight is 285 g/mol. The molecule has 0 aliphatic heterocycles. The molecule has 0 fully saturated rings. The van der Waals surface area contributed by atoms with Crippen molar-refractivity contribution in [2.24, 2.45) is 0 Å². The molecule has 1 unspecified atom stereocenters. The Morgan fingerprint density at radius 1 is 1.00 bits per heavy atom. The molecule has 0 heterocycles. The zero-order chi connectivity index (χ0) is 13.9. The molecule has 0 spiro atoms. The van der Waals surface area contributed by atoms with Gasteiger partial charge in [0.1, 0.15) is 23.7 Å². The van der Waals surface area contributed by atoms with Crippen LogP contribution in [-0.2, 0) is 29.1 Å². The summed E-state index contributed by atoms with van der Waals surface area (Å²) in [6, 6.07) is 0. The fourth-order valence-electron chi connectivity index (χ4n) is 0.949. The molecule has 0 aromatic rings. The molecule has 0 aliphatic carbocycles. The molecular formula is C10H21O7S-. The molecule has 0 rings (SSSR count). The van der Waals surface area contributed by atoms with Crippen LogP contribution in [0.15, 0.2) is 0 Å². The standard InChI is InChI=1S/C10H22O7S/c1-3-5-14-8-16-7-10(18(11,12)13)17-9-15-6-4-2/h10H,3-9H2,1-2H3,(H,11,12,13)/p-1. The summed E-state index contributed by atoms with van der Waals surface area (Å²) in [5, 5.41) is 0. The third kappa shape index (κ3) is 9.75. The highest BCUT2D eigenvalue weighted by molar-refractivity contribution is 7.86. The second-order valence-corrected chi connectivity index (χ2v) is 5.02. The van der Waals surface area contributed by atoms with E-state index in [-0.39, 0.29) is 20.2 Å². The van der Waals surface area contributed by atoms with Crippen molar-refractivity contribution in [3.8, 4) is 0 Å². The van der Waals surface area contributed by atoms with Gasteiger partial charge in [0, 0.05) is 13.2 Å². The van der Waals surface area contributed by atoms with Gasteiger partial charge in [-0.3, -0.25) is 0 Å². The number of ether oxygens (including phenoxy) is 4. The van der Waals surface area contributed by atoms with Crippen LogP contribution in [0.5, 0.6) is 0 Å². The van der Waals surface area contributed by atoms with Crippen LogP contribution in [0.4, 0.5) is 0 Å². The van der Waals surface area contributed by atoms with Crippen LogP contribution in [0.3, 0.4) is 0 Å². The maximum Gasteiger partial charge on any atom is 0.173 e. The Hall–Kier alpha value is -0.250. The molecule has 0 saturated heterocycles. The van der Waals surface area contributed by atoms with Gasteiger partial charge in [0.25, 0.3) is 0 Å². The quantitative estimate of drug-likeness (QED) is 0.295. The molecule has 0 aromatic heterocycles. The summed E-state index contributed by atoms with van der Waals surface area (Å²) in [7, 11) is -4.58. The molecule has 0 N–H and O–H groups in total. The van der Waals surface area contributed by atoms with E-state index < -0.39 is 15.6 Å². The minimum atomic E-state index is -4.58. The van der Waals surface area contributed by atoms with Crippen molar-refractivity contribution in [3.05, 3.63) is 0 Å². The van der Waals surface area contributed by atoms with Gasteiger partial charge >= 0.3 is 0 Å². The van der Waals surface area contributed by atoms with Gasteiger partial charge < -0.3 is 23.5 Å². The second kappa shape index (κ2) is 10.7. The van der Waals surface area contributed by atoms with Crippen LogP contribution < -0.4 is 0 Å². The van der Waals surface area contributed by atoms with Crippen molar-refractivity contribution < 1.29 is 31.9 Å². The Bertz CT molecular complexity index is 278. The first kappa shape index (κ1) is 17.8. The zero-order valence-corrected chi connectivity index (χ0v) is 11.6. The predicted octanol–water partition coefficient (Wildman–Crippen LogP) is 0.659. The lowest BCUT2D eigenvalue weighted by Gasteiger charge is -2.20. The SMILES string of the molecule is CCCOCOCC(OCOCCC)S(=O)(=O)[O-]. The van der Waals surface area contributed by atoms with Crippen LogP contribution in [0.1, 0.15) is 26.7 Å². The molecule has 110 valence electrons. The molecule has 0 saturated carbocycles. The molecule has 8 heteroatoms. The van der Waals surface area contributed by atoms with E-state index in [1.165, 1.54) is 0 Å². The molecule has 1 atom stereocenters. The van der Waals surface area contributed by atoms with Gasteiger partial charge in [0.15, 0.2) is 5.44 Å². The normalized spacial score (nSPS) is 13.7. The largest absolute Gasteiger partial charge is 0.746 e. The highest BCUT2D eigenvalue weighted by Crippen LogP contribution is 2.02. The summed E-state index contributed by atoms with van der Waals surface area (Å²) in [6.45, 7) is 4.08. The van der Waals surface area contributed by atoms with Crippen molar-refractivity contribution in [1.29, 1.82) is 0 Å². The third-order valence-corrected chi connectivity index (χ3v) is 2.69. The molecular weight excluding hydrogens is 264 g/mol. The van der Waals surface area contributed by atoms with Gasteiger partial charge in [-0.1, -0.05) is 13.8 Å². The lowest BCUT2D eigenvalue weighted by atomic mass is 10.5. The van der Waals surface area contributed by atoms with E-state index in [2.05, 4.69) is 0 Å². The maximum absolute atomic E-state index is 10.9. The molecule has 0 amide bonds. The Kier molecular flexibility index (Phi) is 10.5. The van der Waals surface area contributed by atoms with Crippen LogP contribution in [0.25, 0.3) is 0 Å². The monoisotopic (exact) mass is 285 g/mol. The second-order valence-electron chi connectivity index (χ2n) is 3.51. The van der Waals surface area contributed by atoms with E-state index in [1.54, 1.807) is 0 Å². The minimum absolute atomic E-state index is 0.0704. The molecule has 7 nitrogen and oxygen atoms in total. The Balaban J connectivity index is 3.87. The van der Waals surface area contributed by atoms with Crippen LogP contribution >= 0.6 is 0 Å². The lowest BCUT2D eigenvalue weighted by Crippen LogP contribution is -2.30. The molecule has 18 heavy (non-hydrogen) atoms. The van der Waals surface area contributed by atoms with E-state index in [9.17, 15) is 13.0 Å². The van der Waals surface area contributed by atoms with E-state index in [4.69, 9.17) is 18.9 Å². The Morgan fingerprint density at radius 2 is 1.56 bits per heavy atom. The van der Waals surface area contributed by atoms with Crippen molar-refractivity contribution in [3.63, 3.8) is 0 Å². The lowest BCUT2D eigenvalue weighted by molar-refractivity contribution is -0.112. The Morgan fingerprint density at radius 3 is 2.06 bits per heavy atom.